The molecule has 2 N–H and O–H groups in total. The van der Waals surface area contributed by atoms with Crippen LogP contribution in [0.2, 0.25) is 0 Å². The van der Waals surface area contributed by atoms with Crippen molar-refractivity contribution in [3.05, 3.63) is 30.0 Å². The number of amides is 2. The molecule has 1 atom stereocenters. The quantitative estimate of drug-likeness (QED) is 0.644. The topological polar surface area (TPSA) is 101 Å². The van der Waals surface area contributed by atoms with E-state index in [1.807, 2.05) is 31.5 Å². The number of carboxylic acid groups (broad SMARTS) is 1. The van der Waals surface area contributed by atoms with E-state index in [9.17, 15) is 19.5 Å². The Kier molecular flexibility index (Phi) is 7.48. The standard InChI is InChI=1S/C22H29N3O5S/c1-24-18-5-4-16(30-2)12-15(18)13-19(24)20(26)23-17(8-11-31-3)21(27)25-9-6-14(7-10-25)22(28)29/h4-5,12-14,17H,6-11H2,1-3H3,(H,23,26)(H,28,29). The molecule has 1 aromatic heterocycles. The minimum Gasteiger partial charge on any atom is -0.497 e. The molecule has 1 unspecified atom stereocenters. The highest BCUT2D eigenvalue weighted by Gasteiger charge is 2.31. The van der Waals surface area contributed by atoms with Crippen LogP contribution in [0.1, 0.15) is 29.8 Å². The van der Waals surface area contributed by atoms with Crippen molar-refractivity contribution in [1.82, 2.24) is 14.8 Å². The predicted molar refractivity (Wildman–Crippen MR) is 121 cm³/mol. The van der Waals surface area contributed by atoms with Gasteiger partial charge in [-0.2, -0.15) is 11.8 Å². The van der Waals surface area contributed by atoms with Crippen molar-refractivity contribution in [3.8, 4) is 5.75 Å². The van der Waals surface area contributed by atoms with Gasteiger partial charge >= 0.3 is 5.97 Å². The second-order valence-corrected chi connectivity index (χ2v) is 8.74. The number of aliphatic carboxylic acids is 1. The number of carbonyl (C=O) groups excluding carboxylic acids is 2. The van der Waals surface area contributed by atoms with E-state index in [-0.39, 0.29) is 11.8 Å². The van der Waals surface area contributed by atoms with Crippen LogP contribution in [0.3, 0.4) is 0 Å². The van der Waals surface area contributed by atoms with Crippen LogP contribution < -0.4 is 10.1 Å². The van der Waals surface area contributed by atoms with Crippen molar-refractivity contribution in [3.63, 3.8) is 0 Å². The Hall–Kier alpha value is -2.68. The van der Waals surface area contributed by atoms with Gasteiger partial charge in [-0.1, -0.05) is 0 Å². The average molecular weight is 448 g/mol. The van der Waals surface area contributed by atoms with E-state index in [2.05, 4.69) is 5.32 Å². The van der Waals surface area contributed by atoms with Gasteiger partial charge in [0.15, 0.2) is 0 Å². The molecular formula is C22H29N3O5S. The molecule has 0 saturated carbocycles. The van der Waals surface area contributed by atoms with Gasteiger partial charge in [-0.25, -0.2) is 0 Å². The molecule has 168 valence electrons. The summed E-state index contributed by atoms with van der Waals surface area (Å²) in [6.07, 6.45) is 3.35. The van der Waals surface area contributed by atoms with Crippen molar-refractivity contribution in [2.75, 3.05) is 32.2 Å². The van der Waals surface area contributed by atoms with Gasteiger partial charge < -0.3 is 24.6 Å². The number of likely N-dealkylation sites (tertiary alicyclic amines) is 1. The Labute approximate surface area is 185 Å². The zero-order valence-corrected chi connectivity index (χ0v) is 18.9. The largest absolute Gasteiger partial charge is 0.497 e. The van der Waals surface area contributed by atoms with Crippen molar-refractivity contribution in [2.45, 2.75) is 25.3 Å². The first-order chi connectivity index (χ1) is 14.8. The fraction of sp³-hybridized carbons (Fsp3) is 0.500. The summed E-state index contributed by atoms with van der Waals surface area (Å²) >= 11 is 1.61. The number of carboxylic acids is 1. The van der Waals surface area contributed by atoms with Gasteiger partial charge in [0.2, 0.25) is 5.91 Å². The number of hydrogen-bond acceptors (Lipinski definition) is 5. The van der Waals surface area contributed by atoms with Crippen molar-refractivity contribution in [2.24, 2.45) is 13.0 Å². The Balaban J connectivity index is 1.75. The van der Waals surface area contributed by atoms with Crippen LogP contribution in [-0.4, -0.2) is 70.6 Å². The molecular weight excluding hydrogens is 418 g/mol. The Morgan fingerprint density at radius 2 is 1.97 bits per heavy atom. The number of aryl methyl sites for hydroxylation is 1. The van der Waals surface area contributed by atoms with E-state index in [1.54, 1.807) is 34.4 Å². The summed E-state index contributed by atoms with van der Waals surface area (Å²) < 4.78 is 7.07. The third-order valence-corrected chi connectivity index (χ3v) is 6.50. The molecule has 2 amide bonds. The maximum absolute atomic E-state index is 13.1. The fourth-order valence-electron chi connectivity index (χ4n) is 3.96. The maximum atomic E-state index is 13.1. The average Bonchev–Trinajstić information content (AvgIpc) is 3.11. The molecule has 1 fully saturated rings. The number of aromatic nitrogens is 1. The van der Waals surface area contributed by atoms with E-state index < -0.39 is 17.9 Å². The highest BCUT2D eigenvalue weighted by Crippen LogP contribution is 2.24. The maximum Gasteiger partial charge on any atom is 0.306 e. The third kappa shape index (κ3) is 5.15. The molecule has 1 saturated heterocycles. The number of ether oxygens (including phenoxy) is 1. The predicted octanol–water partition coefficient (Wildman–Crippen LogP) is 2.36. The second kappa shape index (κ2) is 10.1. The molecule has 1 aromatic carbocycles. The summed E-state index contributed by atoms with van der Waals surface area (Å²) in [6.45, 7) is 0.796. The number of fused-ring (bicyclic) bond motifs is 1. The summed E-state index contributed by atoms with van der Waals surface area (Å²) in [5.74, 6) is -0.232. The lowest BCUT2D eigenvalue weighted by molar-refractivity contribution is -0.146. The smallest absolute Gasteiger partial charge is 0.306 e. The number of nitrogens with one attached hydrogen (secondary N) is 1. The first-order valence-corrected chi connectivity index (χ1v) is 11.7. The molecule has 1 aliphatic heterocycles. The summed E-state index contributed by atoms with van der Waals surface area (Å²) in [5, 5.41) is 13.0. The SMILES string of the molecule is COc1ccc2c(c1)cc(C(=O)NC(CCSC)C(=O)N1CCC(C(=O)O)CC1)n2C. The monoisotopic (exact) mass is 447 g/mol. The minimum absolute atomic E-state index is 0.147. The van der Waals surface area contributed by atoms with Gasteiger partial charge in [0.05, 0.1) is 13.0 Å². The molecule has 31 heavy (non-hydrogen) atoms. The zero-order chi connectivity index (χ0) is 22.5. The molecule has 0 spiro atoms. The Morgan fingerprint density at radius 3 is 2.58 bits per heavy atom. The van der Waals surface area contributed by atoms with Gasteiger partial charge in [-0.3, -0.25) is 14.4 Å². The zero-order valence-electron chi connectivity index (χ0n) is 18.1. The lowest BCUT2D eigenvalue weighted by atomic mass is 9.96. The van der Waals surface area contributed by atoms with Gasteiger partial charge in [0.25, 0.3) is 5.91 Å². The van der Waals surface area contributed by atoms with Crippen LogP contribution in [0.5, 0.6) is 5.75 Å². The summed E-state index contributed by atoms with van der Waals surface area (Å²) in [6, 6.07) is 6.76. The summed E-state index contributed by atoms with van der Waals surface area (Å²) in [4.78, 5) is 39.1. The van der Waals surface area contributed by atoms with Crippen molar-refractivity contribution in [1.29, 1.82) is 0 Å². The van der Waals surface area contributed by atoms with Crippen LogP contribution in [-0.2, 0) is 16.6 Å². The number of piperidine rings is 1. The highest BCUT2D eigenvalue weighted by atomic mass is 32.2. The fourth-order valence-corrected chi connectivity index (χ4v) is 4.44. The van der Waals surface area contributed by atoms with Crippen molar-refractivity contribution < 1.29 is 24.2 Å². The molecule has 3 rings (SSSR count). The van der Waals surface area contributed by atoms with E-state index in [1.165, 1.54) is 0 Å². The normalized spacial score (nSPS) is 15.6. The second-order valence-electron chi connectivity index (χ2n) is 7.76. The summed E-state index contributed by atoms with van der Waals surface area (Å²) in [5.41, 5.74) is 1.36. The van der Waals surface area contributed by atoms with Crippen molar-refractivity contribution >= 4 is 40.4 Å². The number of carbonyl (C=O) groups is 3. The van der Waals surface area contributed by atoms with Crippen LogP contribution in [0.4, 0.5) is 0 Å². The highest BCUT2D eigenvalue weighted by molar-refractivity contribution is 7.98. The Morgan fingerprint density at radius 1 is 1.26 bits per heavy atom. The first kappa shape index (κ1) is 23.0. The Bertz CT molecular complexity index is 965. The summed E-state index contributed by atoms with van der Waals surface area (Å²) in [7, 11) is 3.41. The number of hydrogen-bond donors (Lipinski definition) is 2. The third-order valence-electron chi connectivity index (χ3n) is 5.85. The van der Waals surface area contributed by atoms with Crippen LogP contribution in [0.15, 0.2) is 24.3 Å². The molecule has 2 heterocycles. The minimum atomic E-state index is -0.813. The van der Waals surface area contributed by atoms with E-state index in [0.717, 1.165) is 16.7 Å². The van der Waals surface area contributed by atoms with Crippen LogP contribution in [0, 0.1) is 5.92 Å². The molecule has 2 aromatic rings. The van der Waals surface area contributed by atoms with Crippen LogP contribution >= 0.6 is 11.8 Å². The molecule has 1 aliphatic rings. The number of thioether (sulfide) groups is 1. The molecule has 9 heteroatoms. The van der Waals surface area contributed by atoms with Crippen LogP contribution in [0.25, 0.3) is 10.9 Å². The number of rotatable bonds is 8. The molecule has 0 bridgehead atoms. The molecule has 0 aliphatic carbocycles. The number of benzene rings is 1. The van der Waals surface area contributed by atoms with E-state index in [4.69, 9.17) is 4.74 Å². The first-order valence-electron chi connectivity index (χ1n) is 10.3. The molecule has 8 nitrogen and oxygen atoms in total. The van der Waals surface area contributed by atoms with Gasteiger partial charge in [-0.05, 0) is 55.5 Å². The van der Waals surface area contributed by atoms with Gasteiger partial charge in [0, 0.05) is 31.0 Å². The van der Waals surface area contributed by atoms with Gasteiger partial charge in [-0.15, -0.1) is 0 Å². The molecule has 0 radical (unpaired) electrons. The van der Waals surface area contributed by atoms with E-state index >= 15 is 0 Å². The van der Waals surface area contributed by atoms with E-state index in [0.29, 0.717) is 43.8 Å². The lowest BCUT2D eigenvalue weighted by Crippen LogP contribution is -2.51. The van der Waals surface area contributed by atoms with Gasteiger partial charge in [0.1, 0.15) is 17.5 Å². The number of nitrogens with zero attached hydrogens (tertiary/aromatic N) is 2. The number of methoxy groups -OCH3 is 1. The lowest BCUT2D eigenvalue weighted by Gasteiger charge is -2.33.